The molecule has 1 aliphatic heterocycles. The van der Waals surface area contributed by atoms with Gasteiger partial charge in [-0.3, -0.25) is 0 Å². The second-order valence-corrected chi connectivity index (χ2v) is 10.8. The van der Waals surface area contributed by atoms with Crippen molar-refractivity contribution in [1.82, 2.24) is 9.71 Å². The summed E-state index contributed by atoms with van der Waals surface area (Å²) in [5, 5.41) is 0. The number of benzene rings is 2. The maximum absolute atomic E-state index is 14.9. The third-order valence-corrected chi connectivity index (χ3v) is 7.42. The second-order valence-electron chi connectivity index (χ2n) is 9.00. The number of hydrogen-bond donors (Lipinski definition) is 1. The van der Waals surface area contributed by atoms with E-state index in [0.29, 0.717) is 47.7 Å². The topological polar surface area (TPSA) is 81.4 Å². The molecule has 5 rings (SSSR count). The van der Waals surface area contributed by atoms with Crippen LogP contribution < -0.4 is 9.46 Å². The minimum atomic E-state index is -3.35. The highest BCUT2D eigenvalue weighted by Crippen LogP contribution is 2.48. The first-order valence-corrected chi connectivity index (χ1v) is 12.6. The summed E-state index contributed by atoms with van der Waals surface area (Å²) in [5.41, 5.74) is 2.22. The van der Waals surface area contributed by atoms with Crippen LogP contribution in [0.3, 0.4) is 0 Å². The van der Waals surface area contributed by atoms with E-state index in [2.05, 4.69) is 11.6 Å². The Morgan fingerprint density at radius 1 is 1.19 bits per heavy atom. The number of ether oxygens (including phenoxy) is 1. The Labute approximate surface area is 186 Å². The molecule has 1 fully saturated rings. The molecule has 0 saturated heterocycles. The van der Waals surface area contributed by atoms with Gasteiger partial charge in [-0.2, -0.15) is 0 Å². The number of fused-ring (bicyclic) bond motifs is 7. The van der Waals surface area contributed by atoms with Crippen molar-refractivity contribution in [2.45, 2.75) is 44.2 Å². The minimum absolute atomic E-state index is 0.0953. The molecule has 2 aliphatic rings. The maximum atomic E-state index is 14.9. The lowest BCUT2D eigenvalue weighted by molar-refractivity contribution is 0.257. The molecule has 1 saturated carbocycles. The molecule has 1 aliphatic carbocycles. The fourth-order valence-corrected chi connectivity index (χ4v) is 6.00. The lowest BCUT2D eigenvalue weighted by atomic mass is 9.73. The molecule has 8 heteroatoms. The Bertz CT molecular complexity index is 1270. The smallest absolute Gasteiger partial charge is 0.208 e. The summed E-state index contributed by atoms with van der Waals surface area (Å²) in [6.45, 7) is 2.28. The standard InChI is InChI=1S/C24H25FN2O4S/c1-15-9-17(27-32(2,28)29)12-24(15)11-16-7-8-21(25)20(10-16)19-5-3-4-6-22(19)30-13-18-14-31-23(24)26-18/h3-8,10,14-15,17,27H,9,11-13H2,1-2H3/t15-,17-,24+/m0/s1. The Kier molecular flexibility index (Phi) is 5.09. The van der Waals surface area contributed by atoms with Crippen molar-refractivity contribution in [2.24, 2.45) is 5.92 Å². The molecule has 6 nitrogen and oxygen atoms in total. The van der Waals surface area contributed by atoms with E-state index in [1.54, 1.807) is 12.3 Å². The number of sulfonamides is 1. The number of nitrogens with zero attached hydrogens (tertiary/aromatic N) is 1. The minimum Gasteiger partial charge on any atom is -0.487 e. The van der Waals surface area contributed by atoms with Crippen LogP contribution in [0.1, 0.15) is 36.9 Å². The van der Waals surface area contributed by atoms with E-state index in [1.165, 1.54) is 12.3 Å². The Morgan fingerprint density at radius 3 is 2.81 bits per heavy atom. The van der Waals surface area contributed by atoms with Crippen molar-refractivity contribution in [3.63, 3.8) is 0 Å². The number of nitrogens with one attached hydrogen (secondary N) is 1. The molecule has 0 radical (unpaired) electrons. The lowest BCUT2D eigenvalue weighted by Crippen LogP contribution is -2.36. The Morgan fingerprint density at radius 2 is 2.00 bits per heavy atom. The van der Waals surface area contributed by atoms with Crippen molar-refractivity contribution in [3.8, 4) is 16.9 Å². The van der Waals surface area contributed by atoms with Gasteiger partial charge < -0.3 is 9.15 Å². The molecule has 168 valence electrons. The van der Waals surface area contributed by atoms with Crippen LogP contribution in [-0.2, 0) is 28.5 Å². The van der Waals surface area contributed by atoms with Crippen LogP contribution in [0.5, 0.6) is 5.75 Å². The highest BCUT2D eigenvalue weighted by Gasteiger charge is 2.50. The first-order chi connectivity index (χ1) is 15.2. The van der Waals surface area contributed by atoms with Crippen LogP contribution >= 0.6 is 0 Å². The largest absolute Gasteiger partial charge is 0.487 e. The Balaban J connectivity index is 1.64. The zero-order valence-electron chi connectivity index (χ0n) is 18.0. The van der Waals surface area contributed by atoms with Gasteiger partial charge >= 0.3 is 0 Å². The monoisotopic (exact) mass is 456 g/mol. The molecule has 0 amide bonds. The predicted octanol–water partition coefficient (Wildman–Crippen LogP) is 4.20. The molecule has 32 heavy (non-hydrogen) atoms. The van der Waals surface area contributed by atoms with Gasteiger partial charge in [0.25, 0.3) is 0 Å². The third-order valence-electron chi connectivity index (χ3n) is 6.65. The van der Waals surface area contributed by atoms with Crippen LogP contribution in [0, 0.1) is 11.7 Å². The van der Waals surface area contributed by atoms with Gasteiger partial charge in [-0.05, 0) is 48.9 Å². The zero-order chi connectivity index (χ0) is 22.5. The molecule has 2 heterocycles. The number of para-hydroxylation sites is 1. The summed E-state index contributed by atoms with van der Waals surface area (Å²) >= 11 is 0. The van der Waals surface area contributed by atoms with Crippen LogP contribution in [-0.4, -0.2) is 25.7 Å². The number of oxazole rings is 1. The molecule has 3 atom stereocenters. The van der Waals surface area contributed by atoms with Gasteiger partial charge in [0, 0.05) is 17.2 Å². The highest BCUT2D eigenvalue weighted by atomic mass is 32.2. The molecule has 2 aromatic carbocycles. The summed E-state index contributed by atoms with van der Waals surface area (Å²) in [4.78, 5) is 4.75. The zero-order valence-corrected chi connectivity index (χ0v) is 18.8. The fourth-order valence-electron chi connectivity index (χ4n) is 5.21. The summed E-state index contributed by atoms with van der Waals surface area (Å²) in [5.74, 6) is 0.928. The van der Waals surface area contributed by atoms with Gasteiger partial charge in [-0.1, -0.05) is 31.2 Å². The first kappa shape index (κ1) is 21.2. The molecule has 1 aromatic heterocycles. The van der Waals surface area contributed by atoms with E-state index in [-0.39, 0.29) is 24.4 Å². The summed E-state index contributed by atoms with van der Waals surface area (Å²) in [7, 11) is -3.35. The molecule has 1 N–H and O–H groups in total. The number of aromatic nitrogens is 1. The second kappa shape index (κ2) is 7.71. The predicted molar refractivity (Wildman–Crippen MR) is 118 cm³/mol. The molecular formula is C24H25FN2O4S. The van der Waals surface area contributed by atoms with Gasteiger partial charge in [-0.15, -0.1) is 0 Å². The maximum Gasteiger partial charge on any atom is 0.208 e. The normalized spacial score (nSPS) is 25.0. The summed E-state index contributed by atoms with van der Waals surface area (Å²) in [6.07, 6.45) is 4.54. The van der Waals surface area contributed by atoms with E-state index in [4.69, 9.17) is 14.1 Å². The third kappa shape index (κ3) is 3.82. The number of hydrogen-bond acceptors (Lipinski definition) is 5. The number of halogens is 1. The van der Waals surface area contributed by atoms with Gasteiger partial charge in [0.2, 0.25) is 15.9 Å². The van der Waals surface area contributed by atoms with Crippen LogP contribution in [0.15, 0.2) is 53.1 Å². The SMILES string of the molecule is C[C@H]1C[C@H](NS(C)(=O)=O)C[C@]12Cc1ccc(F)c(c1)-c1ccccc1OCc1coc2n1. The fraction of sp³-hybridized carbons (Fsp3) is 0.375. The average molecular weight is 457 g/mol. The van der Waals surface area contributed by atoms with E-state index in [9.17, 15) is 12.8 Å². The van der Waals surface area contributed by atoms with Crippen molar-refractivity contribution in [2.75, 3.05) is 6.26 Å². The molecule has 1 spiro atoms. The van der Waals surface area contributed by atoms with Crippen molar-refractivity contribution in [1.29, 1.82) is 0 Å². The quantitative estimate of drug-likeness (QED) is 0.625. The summed E-state index contributed by atoms with van der Waals surface area (Å²) < 4.78 is 53.4. The molecular weight excluding hydrogens is 431 g/mol. The van der Waals surface area contributed by atoms with E-state index in [0.717, 1.165) is 5.56 Å². The lowest BCUT2D eigenvalue weighted by Gasteiger charge is -2.31. The van der Waals surface area contributed by atoms with Crippen LogP contribution in [0.2, 0.25) is 0 Å². The average Bonchev–Trinajstić information content (AvgIpc) is 3.32. The first-order valence-electron chi connectivity index (χ1n) is 10.7. The Hall–Kier alpha value is -2.71. The van der Waals surface area contributed by atoms with Gasteiger partial charge in [0.05, 0.1) is 11.7 Å². The molecule has 3 aromatic rings. The van der Waals surface area contributed by atoms with E-state index < -0.39 is 15.4 Å². The van der Waals surface area contributed by atoms with Crippen molar-refractivity contribution >= 4 is 10.0 Å². The van der Waals surface area contributed by atoms with Gasteiger partial charge in [0.15, 0.2) is 0 Å². The highest BCUT2D eigenvalue weighted by molar-refractivity contribution is 7.88. The van der Waals surface area contributed by atoms with E-state index >= 15 is 0 Å². The van der Waals surface area contributed by atoms with Crippen LogP contribution in [0.4, 0.5) is 4.39 Å². The molecule has 0 unspecified atom stereocenters. The number of rotatable bonds is 2. The van der Waals surface area contributed by atoms with Crippen molar-refractivity contribution in [3.05, 3.63) is 71.7 Å². The van der Waals surface area contributed by atoms with Crippen LogP contribution in [0.25, 0.3) is 11.1 Å². The van der Waals surface area contributed by atoms with Gasteiger partial charge in [0.1, 0.15) is 30.1 Å². The van der Waals surface area contributed by atoms with Gasteiger partial charge in [-0.25, -0.2) is 22.5 Å². The van der Waals surface area contributed by atoms with Crippen molar-refractivity contribution < 1.29 is 22.0 Å². The molecule has 4 bridgehead atoms. The summed E-state index contributed by atoms with van der Waals surface area (Å²) in [6, 6.07) is 12.3. The van der Waals surface area contributed by atoms with E-state index in [1.807, 2.05) is 30.3 Å².